The highest BCUT2D eigenvalue weighted by Gasteiger charge is 2.12. The first-order valence-electron chi connectivity index (χ1n) is 7.70. The Morgan fingerprint density at radius 3 is 2.64 bits per heavy atom. The van der Waals surface area contributed by atoms with Gasteiger partial charge in [0.25, 0.3) is 0 Å². The van der Waals surface area contributed by atoms with E-state index in [-0.39, 0.29) is 24.8 Å². The molecule has 9 nitrogen and oxygen atoms in total. The Balaban J connectivity index is 1.90. The van der Waals surface area contributed by atoms with Crippen LogP contribution in [0.25, 0.3) is 5.69 Å². The zero-order valence-electron chi connectivity index (χ0n) is 14.0. The molecule has 2 rings (SSSR count). The van der Waals surface area contributed by atoms with E-state index in [1.54, 1.807) is 6.92 Å². The van der Waals surface area contributed by atoms with E-state index in [0.29, 0.717) is 11.8 Å². The molecule has 1 N–H and O–H groups in total. The molecule has 1 amide bonds. The minimum Gasteiger partial charge on any atom is -0.494 e. The zero-order chi connectivity index (χ0) is 18.1. The van der Waals surface area contributed by atoms with Gasteiger partial charge in [0.1, 0.15) is 12.3 Å². The van der Waals surface area contributed by atoms with Gasteiger partial charge < -0.3 is 14.8 Å². The first-order valence-corrected chi connectivity index (χ1v) is 8.69. The van der Waals surface area contributed by atoms with Crippen LogP contribution in [-0.2, 0) is 14.3 Å². The number of amides is 1. The number of carbonyl (C=O) groups excluding carboxylic acids is 2. The molecule has 0 aliphatic rings. The molecule has 25 heavy (non-hydrogen) atoms. The van der Waals surface area contributed by atoms with Gasteiger partial charge in [-0.2, -0.15) is 4.68 Å². The molecule has 0 saturated heterocycles. The van der Waals surface area contributed by atoms with Crippen molar-refractivity contribution in [2.24, 2.45) is 0 Å². The fourth-order valence-electron chi connectivity index (χ4n) is 1.85. The van der Waals surface area contributed by atoms with Crippen LogP contribution in [0.5, 0.6) is 5.75 Å². The second-order valence-electron chi connectivity index (χ2n) is 4.67. The maximum atomic E-state index is 11.8. The Hall–Kier alpha value is -2.62. The standard InChI is InChI=1S/C15H19N5O4S/c1-3-23-12-7-5-11(6-8-12)20-15(17-18-19-20)25-10-13(21)16-9-14(22)24-4-2/h5-8H,3-4,9-10H2,1-2H3,(H,16,21). The molecule has 2 aromatic rings. The van der Waals surface area contributed by atoms with E-state index < -0.39 is 5.97 Å². The summed E-state index contributed by atoms with van der Waals surface area (Å²) >= 11 is 1.17. The second-order valence-corrected chi connectivity index (χ2v) is 5.61. The maximum Gasteiger partial charge on any atom is 0.325 e. The van der Waals surface area contributed by atoms with Crippen molar-refractivity contribution in [3.63, 3.8) is 0 Å². The van der Waals surface area contributed by atoms with Crippen molar-refractivity contribution in [2.45, 2.75) is 19.0 Å². The highest BCUT2D eigenvalue weighted by molar-refractivity contribution is 7.99. The van der Waals surface area contributed by atoms with Crippen LogP contribution in [0.1, 0.15) is 13.8 Å². The van der Waals surface area contributed by atoms with Crippen LogP contribution < -0.4 is 10.1 Å². The molecule has 10 heteroatoms. The number of thioether (sulfide) groups is 1. The van der Waals surface area contributed by atoms with Crippen molar-refractivity contribution in [3.8, 4) is 11.4 Å². The SMILES string of the molecule is CCOC(=O)CNC(=O)CSc1nnnn1-c1ccc(OCC)cc1. The molecule has 0 aliphatic carbocycles. The van der Waals surface area contributed by atoms with Crippen molar-refractivity contribution in [3.05, 3.63) is 24.3 Å². The summed E-state index contributed by atoms with van der Waals surface area (Å²) < 4.78 is 11.7. The molecule has 0 radical (unpaired) electrons. The fourth-order valence-corrected chi connectivity index (χ4v) is 2.57. The summed E-state index contributed by atoms with van der Waals surface area (Å²) in [5.41, 5.74) is 0.753. The van der Waals surface area contributed by atoms with Crippen LogP contribution in [-0.4, -0.2) is 57.6 Å². The number of rotatable bonds is 9. The molecule has 1 aromatic heterocycles. The predicted molar refractivity (Wildman–Crippen MR) is 90.7 cm³/mol. The number of tetrazole rings is 1. The number of nitrogens with zero attached hydrogens (tertiary/aromatic N) is 4. The normalized spacial score (nSPS) is 10.3. The summed E-state index contributed by atoms with van der Waals surface area (Å²) in [5, 5.41) is 14.4. The highest BCUT2D eigenvalue weighted by atomic mass is 32.2. The topological polar surface area (TPSA) is 108 Å². The highest BCUT2D eigenvalue weighted by Crippen LogP contribution is 2.20. The van der Waals surface area contributed by atoms with Crippen LogP contribution in [0.2, 0.25) is 0 Å². The number of nitrogens with one attached hydrogen (secondary N) is 1. The van der Waals surface area contributed by atoms with Gasteiger partial charge in [0.2, 0.25) is 11.1 Å². The van der Waals surface area contributed by atoms with Crippen LogP contribution in [0.3, 0.4) is 0 Å². The molecular formula is C15H19N5O4S. The van der Waals surface area contributed by atoms with Gasteiger partial charge in [-0.15, -0.1) is 5.10 Å². The third-order valence-electron chi connectivity index (χ3n) is 2.90. The average molecular weight is 365 g/mol. The summed E-state index contributed by atoms with van der Waals surface area (Å²) in [7, 11) is 0. The lowest BCUT2D eigenvalue weighted by Gasteiger charge is -2.07. The zero-order valence-corrected chi connectivity index (χ0v) is 14.8. The van der Waals surface area contributed by atoms with E-state index in [2.05, 4.69) is 20.8 Å². The Kier molecular flexibility index (Phi) is 7.20. The first kappa shape index (κ1) is 18.7. The summed E-state index contributed by atoms with van der Waals surface area (Å²) in [6.45, 7) is 4.33. The van der Waals surface area contributed by atoms with Gasteiger partial charge in [-0.3, -0.25) is 9.59 Å². The Labute approximate surface area is 149 Å². The minimum atomic E-state index is -0.472. The summed E-state index contributed by atoms with van der Waals surface area (Å²) in [6, 6.07) is 7.29. The van der Waals surface area contributed by atoms with E-state index in [4.69, 9.17) is 9.47 Å². The summed E-state index contributed by atoms with van der Waals surface area (Å²) in [5.74, 6) is 0.0582. The number of ether oxygens (including phenoxy) is 2. The quantitative estimate of drug-likeness (QED) is 0.514. The third-order valence-corrected chi connectivity index (χ3v) is 3.82. The molecule has 0 aliphatic heterocycles. The lowest BCUT2D eigenvalue weighted by molar-refractivity contribution is -0.143. The van der Waals surface area contributed by atoms with Crippen LogP contribution in [0.4, 0.5) is 0 Å². The molecule has 0 saturated carbocycles. The number of hydrogen-bond donors (Lipinski definition) is 1. The molecule has 134 valence electrons. The molecule has 1 aromatic carbocycles. The van der Waals surface area contributed by atoms with Gasteiger partial charge >= 0.3 is 5.97 Å². The Morgan fingerprint density at radius 1 is 1.20 bits per heavy atom. The second kappa shape index (κ2) is 9.62. The van der Waals surface area contributed by atoms with Crippen molar-refractivity contribution < 1.29 is 19.1 Å². The molecule has 0 unspecified atom stereocenters. The van der Waals surface area contributed by atoms with Crippen molar-refractivity contribution in [1.29, 1.82) is 0 Å². The smallest absolute Gasteiger partial charge is 0.325 e. The van der Waals surface area contributed by atoms with Crippen molar-refractivity contribution >= 4 is 23.6 Å². The molecular weight excluding hydrogens is 346 g/mol. The summed E-state index contributed by atoms with van der Waals surface area (Å²) in [6.07, 6.45) is 0. The van der Waals surface area contributed by atoms with Crippen molar-refractivity contribution in [1.82, 2.24) is 25.5 Å². The van der Waals surface area contributed by atoms with Gasteiger partial charge in [-0.05, 0) is 48.5 Å². The monoisotopic (exact) mass is 365 g/mol. The molecule has 0 spiro atoms. The lowest BCUT2D eigenvalue weighted by atomic mass is 10.3. The lowest BCUT2D eigenvalue weighted by Crippen LogP contribution is -2.31. The Morgan fingerprint density at radius 2 is 1.96 bits per heavy atom. The molecule has 0 bridgehead atoms. The van der Waals surface area contributed by atoms with Crippen molar-refractivity contribution in [2.75, 3.05) is 25.5 Å². The third kappa shape index (κ3) is 5.75. The predicted octanol–water partition coefficient (Wildman–Crippen LogP) is 0.832. The first-order chi connectivity index (χ1) is 12.1. The number of hydrogen-bond acceptors (Lipinski definition) is 8. The van der Waals surface area contributed by atoms with Gasteiger partial charge in [-0.1, -0.05) is 11.8 Å². The van der Waals surface area contributed by atoms with Crippen LogP contribution in [0, 0.1) is 0 Å². The van der Waals surface area contributed by atoms with Crippen LogP contribution >= 0.6 is 11.8 Å². The summed E-state index contributed by atoms with van der Waals surface area (Å²) in [4.78, 5) is 23.0. The van der Waals surface area contributed by atoms with Crippen LogP contribution in [0.15, 0.2) is 29.4 Å². The van der Waals surface area contributed by atoms with Gasteiger partial charge in [-0.25, -0.2) is 0 Å². The molecule has 0 fully saturated rings. The van der Waals surface area contributed by atoms with E-state index in [0.717, 1.165) is 11.4 Å². The average Bonchev–Trinajstić information content (AvgIpc) is 3.08. The Bertz CT molecular complexity index is 704. The fraction of sp³-hybridized carbons (Fsp3) is 0.400. The number of carbonyl (C=O) groups is 2. The van der Waals surface area contributed by atoms with Gasteiger partial charge in [0.15, 0.2) is 0 Å². The van der Waals surface area contributed by atoms with E-state index >= 15 is 0 Å². The van der Waals surface area contributed by atoms with E-state index in [1.165, 1.54) is 16.4 Å². The molecule has 1 heterocycles. The van der Waals surface area contributed by atoms with Gasteiger partial charge in [0.05, 0.1) is 24.7 Å². The number of esters is 1. The van der Waals surface area contributed by atoms with E-state index in [1.807, 2.05) is 31.2 Å². The van der Waals surface area contributed by atoms with Gasteiger partial charge in [0, 0.05) is 0 Å². The largest absolute Gasteiger partial charge is 0.494 e. The maximum absolute atomic E-state index is 11.8. The number of aromatic nitrogens is 4. The molecule has 0 atom stereocenters. The minimum absolute atomic E-state index is 0.0802. The van der Waals surface area contributed by atoms with E-state index in [9.17, 15) is 9.59 Å². The number of benzene rings is 1.